The monoisotopic (exact) mass is 422 g/mol. The maximum atomic E-state index is 12.2. The zero-order valence-electron chi connectivity index (χ0n) is 13.3. The molecule has 0 aliphatic carbocycles. The number of thiol groups is 1. The van der Waals surface area contributed by atoms with E-state index in [1.165, 1.54) is 18.2 Å². The Labute approximate surface area is 165 Å². The molecule has 0 unspecified atom stereocenters. The number of nitrogens with two attached hydrogens (primary N) is 1. The lowest BCUT2D eigenvalue weighted by Crippen LogP contribution is -2.45. The van der Waals surface area contributed by atoms with Gasteiger partial charge in [0.15, 0.2) is 0 Å². The van der Waals surface area contributed by atoms with Crippen LogP contribution in [0.15, 0.2) is 18.2 Å². The Hall–Kier alpha value is -1.55. The van der Waals surface area contributed by atoms with Gasteiger partial charge in [0.25, 0.3) is 5.91 Å². The number of nitrogens with zero attached hydrogens (tertiary/aromatic N) is 2. The number of amides is 5. The van der Waals surface area contributed by atoms with E-state index < -0.39 is 18.0 Å². The number of anilines is 1. The van der Waals surface area contributed by atoms with Crippen molar-refractivity contribution in [3.8, 4) is 0 Å². The summed E-state index contributed by atoms with van der Waals surface area (Å²) in [7, 11) is 0. The number of thiocarbonyl (C=S) groups is 1. The number of hydrogen-bond acceptors (Lipinski definition) is 4. The molecule has 1 aromatic rings. The zero-order valence-corrected chi connectivity index (χ0v) is 16.5. The molecule has 2 rings (SSSR count). The fourth-order valence-electron chi connectivity index (χ4n) is 1.91. The first-order valence-electron chi connectivity index (χ1n) is 6.92. The van der Waals surface area contributed by atoms with Crippen LogP contribution in [0.3, 0.4) is 0 Å². The van der Waals surface area contributed by atoms with Crippen molar-refractivity contribution in [2.75, 3.05) is 11.4 Å². The molecule has 1 aliphatic rings. The molecule has 0 atom stereocenters. The average Bonchev–Trinajstić information content (AvgIpc) is 2.71. The number of nitrogens with one attached hydrogen (secondary N) is 1. The molecule has 1 saturated heterocycles. The minimum absolute atomic E-state index is 0.143. The molecule has 5 amide bonds. The molecule has 1 aromatic carbocycles. The number of benzene rings is 1. The summed E-state index contributed by atoms with van der Waals surface area (Å²) in [5.74, 6) is -0.516. The number of imide groups is 2. The second kappa shape index (κ2) is 9.23. The molecule has 0 radical (unpaired) electrons. The molecule has 0 bridgehead atoms. The number of halogens is 2. The SMILES string of the molecule is CC(C)NC(=O)N1CC(=O)N(c2cc(Cl)cc(Cl)c2)C1=O.NC(=S)S. The Morgan fingerprint density at radius 3 is 2.20 bits per heavy atom. The van der Waals surface area contributed by atoms with E-state index >= 15 is 0 Å². The van der Waals surface area contributed by atoms with Crippen LogP contribution in [0.4, 0.5) is 15.3 Å². The predicted octanol–water partition coefficient (Wildman–Crippen LogP) is 3.04. The molecule has 1 heterocycles. The van der Waals surface area contributed by atoms with Crippen molar-refractivity contribution in [2.45, 2.75) is 19.9 Å². The Morgan fingerprint density at radius 2 is 1.76 bits per heavy atom. The van der Waals surface area contributed by atoms with Crippen molar-refractivity contribution in [1.29, 1.82) is 0 Å². The summed E-state index contributed by atoms with van der Waals surface area (Å²) in [6.45, 7) is 3.20. The summed E-state index contributed by atoms with van der Waals surface area (Å²) >= 11 is 19.4. The molecule has 1 aliphatic heterocycles. The second-order valence-corrected chi connectivity index (χ2v) is 7.27. The van der Waals surface area contributed by atoms with Gasteiger partial charge in [-0.2, -0.15) is 0 Å². The van der Waals surface area contributed by atoms with Gasteiger partial charge in [0.05, 0.1) is 5.69 Å². The smallest absolute Gasteiger partial charge is 0.340 e. The van der Waals surface area contributed by atoms with Gasteiger partial charge in [0.1, 0.15) is 10.9 Å². The highest BCUT2D eigenvalue weighted by molar-refractivity contribution is 8.10. The van der Waals surface area contributed by atoms with Gasteiger partial charge in [0, 0.05) is 16.1 Å². The molecule has 25 heavy (non-hydrogen) atoms. The summed E-state index contributed by atoms with van der Waals surface area (Å²) in [6, 6.07) is 2.88. The number of carbonyl (C=O) groups excluding carboxylic acids is 3. The summed E-state index contributed by atoms with van der Waals surface area (Å²) in [5, 5.41) is 3.15. The van der Waals surface area contributed by atoms with Gasteiger partial charge in [-0.3, -0.25) is 4.79 Å². The molecule has 0 saturated carbocycles. The summed E-state index contributed by atoms with van der Waals surface area (Å²) in [5.41, 5.74) is 4.95. The van der Waals surface area contributed by atoms with E-state index in [2.05, 4.69) is 30.2 Å². The third-order valence-electron chi connectivity index (χ3n) is 2.73. The molecular formula is C14H16Cl2N4O3S2. The van der Waals surface area contributed by atoms with E-state index in [1.54, 1.807) is 13.8 Å². The fourth-order valence-corrected chi connectivity index (χ4v) is 2.42. The van der Waals surface area contributed by atoms with E-state index in [-0.39, 0.29) is 22.6 Å². The summed E-state index contributed by atoms with van der Waals surface area (Å²) in [4.78, 5) is 37.9. The van der Waals surface area contributed by atoms with E-state index in [9.17, 15) is 14.4 Å². The van der Waals surface area contributed by atoms with E-state index in [0.717, 1.165) is 9.80 Å². The lowest BCUT2D eigenvalue weighted by Gasteiger charge is -2.18. The lowest BCUT2D eigenvalue weighted by molar-refractivity contribution is -0.116. The van der Waals surface area contributed by atoms with Gasteiger partial charge in [-0.25, -0.2) is 19.4 Å². The van der Waals surface area contributed by atoms with E-state index in [1.807, 2.05) is 0 Å². The minimum atomic E-state index is -0.725. The number of rotatable bonds is 2. The molecule has 0 spiro atoms. The first kappa shape index (κ1) is 21.5. The number of carbonyl (C=O) groups is 3. The Bertz CT molecular complexity index is 691. The van der Waals surface area contributed by atoms with Gasteiger partial charge in [-0.05, 0) is 32.0 Å². The van der Waals surface area contributed by atoms with Crippen molar-refractivity contribution in [3.05, 3.63) is 28.2 Å². The third-order valence-corrected chi connectivity index (χ3v) is 3.16. The molecule has 3 N–H and O–H groups in total. The van der Waals surface area contributed by atoms with Crippen LogP contribution in [-0.2, 0) is 4.79 Å². The Balaban J connectivity index is 0.000000705. The molecule has 0 aromatic heterocycles. The third kappa shape index (κ3) is 6.35. The summed E-state index contributed by atoms with van der Waals surface area (Å²) in [6.07, 6.45) is 0. The molecule has 11 heteroatoms. The normalized spacial score (nSPS) is 13.7. The van der Waals surface area contributed by atoms with Crippen LogP contribution < -0.4 is 16.0 Å². The highest BCUT2D eigenvalue weighted by atomic mass is 35.5. The summed E-state index contributed by atoms with van der Waals surface area (Å²) < 4.78 is 0.194. The fraction of sp³-hybridized carbons (Fsp3) is 0.286. The molecule has 1 fully saturated rings. The van der Waals surface area contributed by atoms with Crippen LogP contribution in [-0.4, -0.2) is 39.8 Å². The first-order valence-corrected chi connectivity index (χ1v) is 8.53. The average molecular weight is 423 g/mol. The highest BCUT2D eigenvalue weighted by Gasteiger charge is 2.41. The van der Waals surface area contributed by atoms with Crippen LogP contribution in [0.1, 0.15) is 13.8 Å². The highest BCUT2D eigenvalue weighted by Crippen LogP contribution is 2.28. The van der Waals surface area contributed by atoms with Crippen LogP contribution >= 0.6 is 48.0 Å². The van der Waals surface area contributed by atoms with E-state index in [4.69, 9.17) is 28.9 Å². The largest absolute Gasteiger partial charge is 0.385 e. The van der Waals surface area contributed by atoms with Crippen LogP contribution in [0.2, 0.25) is 10.0 Å². The van der Waals surface area contributed by atoms with Crippen molar-refractivity contribution in [2.24, 2.45) is 5.73 Å². The van der Waals surface area contributed by atoms with Gasteiger partial charge in [-0.1, -0.05) is 35.4 Å². The van der Waals surface area contributed by atoms with Crippen molar-refractivity contribution < 1.29 is 14.4 Å². The van der Waals surface area contributed by atoms with Gasteiger partial charge < -0.3 is 11.1 Å². The van der Waals surface area contributed by atoms with Gasteiger partial charge in [0.2, 0.25) is 0 Å². The van der Waals surface area contributed by atoms with E-state index in [0.29, 0.717) is 10.0 Å². The van der Waals surface area contributed by atoms with Crippen LogP contribution in [0.5, 0.6) is 0 Å². The zero-order chi connectivity index (χ0) is 19.3. The van der Waals surface area contributed by atoms with Crippen molar-refractivity contribution in [3.63, 3.8) is 0 Å². The van der Waals surface area contributed by atoms with Crippen LogP contribution in [0, 0.1) is 0 Å². The van der Waals surface area contributed by atoms with Gasteiger partial charge in [-0.15, -0.1) is 12.6 Å². The number of urea groups is 2. The number of hydrogen-bond donors (Lipinski definition) is 3. The lowest BCUT2D eigenvalue weighted by atomic mass is 10.3. The quantitative estimate of drug-likeness (QED) is 0.386. The Morgan fingerprint density at radius 1 is 1.28 bits per heavy atom. The van der Waals surface area contributed by atoms with Crippen molar-refractivity contribution in [1.82, 2.24) is 10.2 Å². The Kier molecular flexibility index (Phi) is 7.94. The topological polar surface area (TPSA) is 95.7 Å². The predicted molar refractivity (Wildman–Crippen MR) is 105 cm³/mol. The minimum Gasteiger partial charge on any atom is -0.385 e. The maximum absolute atomic E-state index is 12.2. The maximum Gasteiger partial charge on any atom is 0.340 e. The standard InChI is InChI=1S/C13H13Cl2N3O3.CH3NS2/c1-7(2)16-12(20)17-6-11(19)18(13(17)21)10-4-8(14)3-9(15)5-10;2-1(3)4/h3-5,7H,6H2,1-2H3,(H,16,20);(H3,2,3,4). The molecular weight excluding hydrogens is 407 g/mol. The molecule has 7 nitrogen and oxygen atoms in total. The van der Waals surface area contributed by atoms with Gasteiger partial charge >= 0.3 is 12.1 Å². The second-order valence-electron chi connectivity index (χ2n) is 5.17. The first-order chi connectivity index (χ1) is 11.5. The van der Waals surface area contributed by atoms with Crippen molar-refractivity contribution >= 4 is 76.0 Å². The molecule has 136 valence electrons. The van der Waals surface area contributed by atoms with Crippen LogP contribution in [0.25, 0.3) is 0 Å².